The van der Waals surface area contributed by atoms with E-state index in [9.17, 15) is 14.4 Å². The molecule has 1 heterocycles. The summed E-state index contributed by atoms with van der Waals surface area (Å²) in [5.74, 6) is 0.349. The van der Waals surface area contributed by atoms with Gasteiger partial charge in [-0.05, 0) is 75.1 Å². The molecule has 1 aliphatic heterocycles. The first-order valence-corrected chi connectivity index (χ1v) is 10.4. The molecule has 0 radical (unpaired) electrons. The Bertz CT molecular complexity index is 884. The van der Waals surface area contributed by atoms with Crippen LogP contribution in [-0.4, -0.2) is 41.7 Å². The molecule has 1 atom stereocenters. The number of hydrogen-bond donors (Lipinski definition) is 1. The van der Waals surface area contributed by atoms with Gasteiger partial charge in [0.15, 0.2) is 11.9 Å². The lowest BCUT2D eigenvalue weighted by Crippen LogP contribution is -2.36. The van der Waals surface area contributed by atoms with Crippen LogP contribution in [0.4, 0.5) is 0 Å². The highest BCUT2D eigenvalue weighted by molar-refractivity contribution is 5.94. The van der Waals surface area contributed by atoms with Crippen molar-refractivity contribution in [3.63, 3.8) is 0 Å². The summed E-state index contributed by atoms with van der Waals surface area (Å²) in [4.78, 5) is 38.1. The van der Waals surface area contributed by atoms with Crippen molar-refractivity contribution in [2.45, 2.75) is 45.8 Å². The first-order chi connectivity index (χ1) is 14.4. The third-order valence-electron chi connectivity index (χ3n) is 5.25. The molecular formula is C24H28N2O4. The maximum absolute atomic E-state index is 12.5. The normalized spacial score (nSPS) is 14.7. The molecule has 30 heavy (non-hydrogen) atoms. The summed E-state index contributed by atoms with van der Waals surface area (Å²) >= 11 is 0. The molecule has 2 aromatic rings. The number of hydrogen-bond acceptors (Lipinski definition) is 4. The predicted molar refractivity (Wildman–Crippen MR) is 115 cm³/mol. The van der Waals surface area contributed by atoms with E-state index in [2.05, 4.69) is 5.32 Å². The minimum Gasteiger partial charge on any atom is -0.481 e. The van der Waals surface area contributed by atoms with Gasteiger partial charge in [0.05, 0.1) is 0 Å². The molecule has 2 amide bonds. The molecule has 0 saturated carbocycles. The van der Waals surface area contributed by atoms with Crippen LogP contribution in [-0.2, 0) is 11.3 Å². The van der Waals surface area contributed by atoms with Crippen molar-refractivity contribution >= 4 is 17.6 Å². The summed E-state index contributed by atoms with van der Waals surface area (Å²) in [5.41, 5.74) is 2.19. The minimum atomic E-state index is -0.673. The lowest BCUT2D eigenvalue weighted by molar-refractivity contribution is -0.127. The number of likely N-dealkylation sites (tertiary alicyclic amines) is 1. The van der Waals surface area contributed by atoms with E-state index in [0.717, 1.165) is 31.5 Å². The van der Waals surface area contributed by atoms with Crippen LogP contribution in [0.1, 0.15) is 59.4 Å². The number of Topliss-reactive ketones (excluding diaryl/α,β-unsaturated/α-hetero) is 1. The van der Waals surface area contributed by atoms with Crippen LogP contribution in [0, 0.1) is 0 Å². The maximum atomic E-state index is 12.5. The number of nitrogens with zero attached hydrogens (tertiary/aromatic N) is 1. The first kappa shape index (κ1) is 21.6. The topological polar surface area (TPSA) is 75.7 Å². The molecule has 6 heteroatoms. The van der Waals surface area contributed by atoms with Crippen molar-refractivity contribution in [1.82, 2.24) is 10.2 Å². The average Bonchev–Trinajstić information content (AvgIpc) is 2.78. The van der Waals surface area contributed by atoms with Gasteiger partial charge in [-0.15, -0.1) is 0 Å². The monoisotopic (exact) mass is 408 g/mol. The summed E-state index contributed by atoms with van der Waals surface area (Å²) in [6.07, 6.45) is 2.65. The van der Waals surface area contributed by atoms with E-state index < -0.39 is 6.10 Å². The van der Waals surface area contributed by atoms with Crippen LogP contribution in [0.15, 0.2) is 48.5 Å². The Labute approximate surface area is 177 Å². The number of amides is 2. The van der Waals surface area contributed by atoms with E-state index in [0.29, 0.717) is 23.4 Å². The number of carbonyl (C=O) groups excluding carboxylic acids is 3. The van der Waals surface area contributed by atoms with Crippen LogP contribution in [0.3, 0.4) is 0 Å². The molecule has 0 aliphatic carbocycles. The van der Waals surface area contributed by atoms with Crippen molar-refractivity contribution in [2.24, 2.45) is 0 Å². The van der Waals surface area contributed by atoms with Gasteiger partial charge in [0.1, 0.15) is 5.75 Å². The van der Waals surface area contributed by atoms with Crippen molar-refractivity contribution in [3.05, 3.63) is 65.2 Å². The standard InChI is InChI=1S/C24H28N2O4/c1-17(27)20-10-12-22(13-11-20)30-18(2)23(28)25-16-19-6-8-21(9-7-19)24(29)26-14-4-3-5-15-26/h6-13,18H,3-5,14-16H2,1-2H3,(H,25,28). The zero-order chi connectivity index (χ0) is 21.5. The van der Waals surface area contributed by atoms with Crippen LogP contribution in [0.2, 0.25) is 0 Å². The summed E-state index contributed by atoms with van der Waals surface area (Å²) in [6.45, 7) is 5.18. The molecule has 158 valence electrons. The van der Waals surface area contributed by atoms with Gasteiger partial charge in [0.2, 0.25) is 0 Å². The molecule has 1 saturated heterocycles. The predicted octanol–water partition coefficient (Wildman–Crippen LogP) is 3.60. The molecule has 1 aliphatic rings. The van der Waals surface area contributed by atoms with Crippen LogP contribution < -0.4 is 10.1 Å². The van der Waals surface area contributed by atoms with Crippen LogP contribution in [0.25, 0.3) is 0 Å². The number of piperidine rings is 1. The Morgan fingerprint density at radius 3 is 2.13 bits per heavy atom. The highest BCUT2D eigenvalue weighted by Gasteiger charge is 2.18. The van der Waals surface area contributed by atoms with Gasteiger partial charge in [0.25, 0.3) is 11.8 Å². The number of ether oxygens (including phenoxy) is 1. The second-order valence-electron chi connectivity index (χ2n) is 7.61. The minimum absolute atomic E-state index is 0.0176. The average molecular weight is 408 g/mol. The van der Waals surface area contributed by atoms with E-state index in [-0.39, 0.29) is 17.6 Å². The second kappa shape index (κ2) is 10.1. The maximum Gasteiger partial charge on any atom is 0.261 e. The fraction of sp³-hybridized carbons (Fsp3) is 0.375. The summed E-state index contributed by atoms with van der Waals surface area (Å²) < 4.78 is 5.64. The molecule has 0 aromatic heterocycles. The number of rotatable bonds is 7. The highest BCUT2D eigenvalue weighted by atomic mass is 16.5. The van der Waals surface area contributed by atoms with Crippen LogP contribution >= 0.6 is 0 Å². The van der Waals surface area contributed by atoms with Gasteiger partial charge in [-0.25, -0.2) is 0 Å². The zero-order valence-corrected chi connectivity index (χ0v) is 17.5. The summed E-state index contributed by atoms with van der Waals surface area (Å²) in [5, 5.41) is 2.85. The summed E-state index contributed by atoms with van der Waals surface area (Å²) in [6, 6.07) is 14.1. The Hall–Kier alpha value is -3.15. The summed E-state index contributed by atoms with van der Waals surface area (Å²) in [7, 11) is 0. The number of benzene rings is 2. The van der Waals surface area contributed by atoms with E-state index in [1.165, 1.54) is 13.3 Å². The largest absolute Gasteiger partial charge is 0.481 e. The van der Waals surface area contributed by atoms with Gasteiger partial charge in [-0.3, -0.25) is 14.4 Å². The van der Waals surface area contributed by atoms with Crippen molar-refractivity contribution < 1.29 is 19.1 Å². The fourth-order valence-electron chi connectivity index (χ4n) is 3.40. The van der Waals surface area contributed by atoms with Gasteiger partial charge < -0.3 is 15.0 Å². The molecule has 1 N–H and O–H groups in total. The Morgan fingerprint density at radius 2 is 1.53 bits per heavy atom. The molecule has 2 aromatic carbocycles. The quantitative estimate of drug-likeness (QED) is 0.711. The number of ketones is 1. The van der Waals surface area contributed by atoms with E-state index >= 15 is 0 Å². The van der Waals surface area contributed by atoms with Gasteiger partial charge in [0, 0.05) is 30.8 Å². The Kier molecular flexibility index (Phi) is 7.22. The lowest BCUT2D eigenvalue weighted by atomic mass is 10.1. The van der Waals surface area contributed by atoms with Crippen molar-refractivity contribution in [2.75, 3.05) is 13.1 Å². The third-order valence-corrected chi connectivity index (χ3v) is 5.25. The molecular weight excluding hydrogens is 380 g/mol. The van der Waals surface area contributed by atoms with Gasteiger partial charge >= 0.3 is 0 Å². The van der Waals surface area contributed by atoms with Crippen molar-refractivity contribution in [3.8, 4) is 5.75 Å². The second-order valence-corrected chi connectivity index (χ2v) is 7.61. The number of nitrogens with one attached hydrogen (secondary N) is 1. The fourth-order valence-corrected chi connectivity index (χ4v) is 3.40. The highest BCUT2D eigenvalue weighted by Crippen LogP contribution is 2.15. The van der Waals surface area contributed by atoms with Crippen molar-refractivity contribution in [1.29, 1.82) is 0 Å². The Balaban J connectivity index is 1.48. The molecule has 1 unspecified atom stereocenters. The van der Waals surface area contributed by atoms with E-state index in [4.69, 9.17) is 4.74 Å². The molecule has 0 spiro atoms. The first-order valence-electron chi connectivity index (χ1n) is 10.4. The van der Waals surface area contributed by atoms with Crippen LogP contribution in [0.5, 0.6) is 5.75 Å². The Morgan fingerprint density at radius 1 is 0.933 bits per heavy atom. The van der Waals surface area contributed by atoms with E-state index in [1.54, 1.807) is 31.2 Å². The SMILES string of the molecule is CC(=O)c1ccc(OC(C)C(=O)NCc2ccc(C(=O)N3CCCCC3)cc2)cc1. The lowest BCUT2D eigenvalue weighted by Gasteiger charge is -2.26. The number of carbonyl (C=O) groups is 3. The molecule has 0 bridgehead atoms. The molecule has 1 fully saturated rings. The zero-order valence-electron chi connectivity index (χ0n) is 17.5. The van der Waals surface area contributed by atoms with Gasteiger partial charge in [-0.1, -0.05) is 12.1 Å². The van der Waals surface area contributed by atoms with Gasteiger partial charge in [-0.2, -0.15) is 0 Å². The third kappa shape index (κ3) is 5.69. The smallest absolute Gasteiger partial charge is 0.261 e. The molecule has 3 rings (SSSR count). The molecule has 6 nitrogen and oxygen atoms in total. The van der Waals surface area contributed by atoms with E-state index in [1.807, 2.05) is 29.2 Å².